The van der Waals surface area contributed by atoms with Crippen LogP contribution in [0.25, 0.3) is 0 Å². The Hall–Kier alpha value is -1.60. The number of anilines is 2. The van der Waals surface area contributed by atoms with Gasteiger partial charge in [0.05, 0.1) is 5.75 Å². The molecule has 1 amide bonds. The third-order valence-electron chi connectivity index (χ3n) is 4.28. The van der Waals surface area contributed by atoms with Crippen LogP contribution in [0.1, 0.15) is 20.3 Å². The molecule has 0 bridgehead atoms. The van der Waals surface area contributed by atoms with Gasteiger partial charge in [0, 0.05) is 29.3 Å². The molecule has 0 spiro atoms. The first kappa shape index (κ1) is 19.2. The largest absolute Gasteiger partial charge is 0.356 e. The fourth-order valence-electron chi connectivity index (χ4n) is 3.33. The lowest BCUT2D eigenvalue weighted by atomic mass is 9.92. The van der Waals surface area contributed by atoms with Gasteiger partial charge in [-0.25, -0.2) is 9.97 Å². The number of carbonyl (C=O) groups excluding carboxylic acids is 1. The molecule has 138 valence electrons. The van der Waals surface area contributed by atoms with Crippen LogP contribution in [0.2, 0.25) is 0 Å². The summed E-state index contributed by atoms with van der Waals surface area (Å²) in [4.78, 5) is 23.2. The molecule has 7 heteroatoms. The van der Waals surface area contributed by atoms with E-state index >= 15 is 0 Å². The molecule has 2 heterocycles. The number of rotatable bonds is 5. The van der Waals surface area contributed by atoms with Gasteiger partial charge in [0.1, 0.15) is 17.2 Å². The molecule has 0 aliphatic carbocycles. The molecule has 26 heavy (non-hydrogen) atoms. The maximum absolute atomic E-state index is 12.2. The van der Waals surface area contributed by atoms with E-state index in [0.29, 0.717) is 17.6 Å². The van der Waals surface area contributed by atoms with E-state index in [1.165, 1.54) is 18.2 Å². The summed E-state index contributed by atoms with van der Waals surface area (Å²) in [6, 6.07) is 9.56. The van der Waals surface area contributed by atoms with E-state index in [2.05, 4.69) is 50.0 Å². The van der Waals surface area contributed by atoms with Gasteiger partial charge in [0.2, 0.25) is 5.91 Å². The molecule has 1 N–H and O–H groups in total. The van der Waals surface area contributed by atoms with Crippen LogP contribution in [0.3, 0.4) is 0 Å². The number of hydrogen-bond acceptors (Lipinski definition) is 5. The summed E-state index contributed by atoms with van der Waals surface area (Å²) in [6.45, 7) is 6.61. The fourth-order valence-corrected chi connectivity index (χ4v) is 4.40. The molecule has 0 saturated carbocycles. The Morgan fingerprint density at radius 1 is 1.27 bits per heavy atom. The van der Waals surface area contributed by atoms with Crippen molar-refractivity contribution in [1.82, 2.24) is 9.97 Å². The fraction of sp³-hybridized carbons (Fsp3) is 0.421. The molecule has 1 saturated heterocycles. The Bertz CT molecular complexity index is 763. The van der Waals surface area contributed by atoms with Crippen LogP contribution in [0.5, 0.6) is 0 Å². The van der Waals surface area contributed by atoms with Crippen molar-refractivity contribution in [2.24, 2.45) is 11.8 Å². The number of hydrogen-bond donors (Lipinski definition) is 1. The number of nitrogens with zero attached hydrogens (tertiary/aromatic N) is 3. The molecule has 0 radical (unpaired) electrons. The topological polar surface area (TPSA) is 58.1 Å². The summed E-state index contributed by atoms with van der Waals surface area (Å²) in [7, 11) is 0. The molecule has 2 atom stereocenters. The maximum Gasteiger partial charge on any atom is 0.234 e. The summed E-state index contributed by atoms with van der Waals surface area (Å²) >= 11 is 4.83. The Morgan fingerprint density at radius 3 is 2.77 bits per heavy atom. The van der Waals surface area contributed by atoms with Gasteiger partial charge < -0.3 is 10.2 Å². The SMILES string of the molecule is C[C@@H]1C[C@@H](C)CN(c2cc(SCC(=O)Nc3cccc(Br)c3)ncn2)C1. The quantitative estimate of drug-likeness (QED) is 0.556. The normalized spacial score (nSPS) is 20.0. The van der Waals surface area contributed by atoms with Crippen molar-refractivity contribution >= 4 is 45.1 Å². The molecule has 1 aromatic carbocycles. The maximum atomic E-state index is 12.2. The number of amides is 1. The van der Waals surface area contributed by atoms with Crippen LogP contribution in [-0.4, -0.2) is 34.7 Å². The van der Waals surface area contributed by atoms with E-state index in [9.17, 15) is 4.79 Å². The van der Waals surface area contributed by atoms with E-state index in [1.54, 1.807) is 6.33 Å². The predicted molar refractivity (Wildman–Crippen MR) is 111 cm³/mol. The summed E-state index contributed by atoms with van der Waals surface area (Å²) in [6.07, 6.45) is 2.85. The van der Waals surface area contributed by atoms with Crippen LogP contribution < -0.4 is 10.2 Å². The Labute approximate surface area is 167 Å². The van der Waals surface area contributed by atoms with Crippen molar-refractivity contribution in [2.45, 2.75) is 25.3 Å². The third kappa shape index (κ3) is 5.45. The van der Waals surface area contributed by atoms with E-state index < -0.39 is 0 Å². The molecule has 3 rings (SSSR count). The van der Waals surface area contributed by atoms with Crippen LogP contribution >= 0.6 is 27.7 Å². The molecule has 1 aliphatic heterocycles. The van der Waals surface area contributed by atoms with Gasteiger partial charge in [0.15, 0.2) is 0 Å². The van der Waals surface area contributed by atoms with Gasteiger partial charge in [-0.15, -0.1) is 0 Å². The van der Waals surface area contributed by atoms with Crippen molar-refractivity contribution in [3.63, 3.8) is 0 Å². The van der Waals surface area contributed by atoms with Crippen molar-refractivity contribution in [2.75, 3.05) is 29.1 Å². The first-order valence-electron chi connectivity index (χ1n) is 8.75. The highest BCUT2D eigenvalue weighted by Gasteiger charge is 2.23. The standard InChI is InChI=1S/C19H23BrN4OS/c1-13-6-14(2)10-24(9-13)17-8-19(22-12-21-17)26-11-18(25)23-16-5-3-4-15(20)7-16/h3-5,7-8,12-14H,6,9-11H2,1-2H3,(H,23,25)/t13-,14-/m1/s1. The number of halogens is 1. The van der Waals surface area contributed by atoms with Crippen molar-refractivity contribution in [1.29, 1.82) is 0 Å². The third-order valence-corrected chi connectivity index (χ3v) is 5.70. The summed E-state index contributed by atoms with van der Waals surface area (Å²) < 4.78 is 0.938. The highest BCUT2D eigenvalue weighted by Crippen LogP contribution is 2.27. The second kappa shape index (κ2) is 8.86. The highest BCUT2D eigenvalue weighted by molar-refractivity contribution is 9.10. The number of benzene rings is 1. The first-order chi connectivity index (χ1) is 12.5. The van der Waals surface area contributed by atoms with E-state index in [-0.39, 0.29) is 5.91 Å². The molecular weight excluding hydrogens is 412 g/mol. The summed E-state index contributed by atoms with van der Waals surface area (Å²) in [5, 5.41) is 3.72. The van der Waals surface area contributed by atoms with E-state index in [0.717, 1.165) is 34.1 Å². The lowest BCUT2D eigenvalue weighted by molar-refractivity contribution is -0.113. The van der Waals surface area contributed by atoms with Gasteiger partial charge in [-0.3, -0.25) is 4.79 Å². The molecule has 5 nitrogen and oxygen atoms in total. The van der Waals surface area contributed by atoms with Crippen molar-refractivity contribution in [3.05, 3.63) is 41.1 Å². The average Bonchev–Trinajstić information content (AvgIpc) is 2.59. The van der Waals surface area contributed by atoms with Crippen molar-refractivity contribution in [3.8, 4) is 0 Å². The number of aromatic nitrogens is 2. The first-order valence-corrected chi connectivity index (χ1v) is 10.5. The minimum Gasteiger partial charge on any atom is -0.356 e. The lowest BCUT2D eigenvalue weighted by Crippen LogP contribution is -2.39. The minimum atomic E-state index is -0.0477. The predicted octanol–water partition coefficient (Wildman–Crippen LogP) is 4.45. The molecule has 0 unspecified atom stereocenters. The monoisotopic (exact) mass is 434 g/mol. The Morgan fingerprint density at radius 2 is 2.04 bits per heavy atom. The molecular formula is C19H23BrN4OS. The van der Waals surface area contributed by atoms with E-state index in [1.807, 2.05) is 30.3 Å². The van der Waals surface area contributed by atoms with Gasteiger partial charge in [-0.2, -0.15) is 0 Å². The molecule has 1 aliphatic rings. The smallest absolute Gasteiger partial charge is 0.234 e. The molecule has 1 fully saturated rings. The van der Waals surface area contributed by atoms with Crippen LogP contribution in [0, 0.1) is 11.8 Å². The second-order valence-corrected chi connectivity index (χ2v) is 8.82. The number of nitrogens with one attached hydrogen (secondary N) is 1. The van der Waals surface area contributed by atoms with Crippen LogP contribution in [0.15, 0.2) is 46.2 Å². The highest BCUT2D eigenvalue weighted by atomic mass is 79.9. The summed E-state index contributed by atoms with van der Waals surface area (Å²) in [5.74, 6) is 2.55. The molecule has 1 aromatic heterocycles. The zero-order valence-electron chi connectivity index (χ0n) is 15.0. The van der Waals surface area contributed by atoms with Gasteiger partial charge in [-0.05, 0) is 36.5 Å². The Kier molecular flexibility index (Phi) is 6.53. The number of carbonyl (C=O) groups is 1. The van der Waals surface area contributed by atoms with Crippen molar-refractivity contribution < 1.29 is 4.79 Å². The lowest BCUT2D eigenvalue weighted by Gasteiger charge is -2.35. The van der Waals surface area contributed by atoms with E-state index in [4.69, 9.17) is 0 Å². The van der Waals surface area contributed by atoms with Gasteiger partial charge in [0.25, 0.3) is 0 Å². The van der Waals surface area contributed by atoms with Gasteiger partial charge in [-0.1, -0.05) is 47.6 Å². The Balaban J connectivity index is 1.57. The number of thioether (sulfide) groups is 1. The van der Waals surface area contributed by atoms with Crippen LogP contribution in [-0.2, 0) is 4.79 Å². The minimum absolute atomic E-state index is 0.0477. The van der Waals surface area contributed by atoms with Gasteiger partial charge >= 0.3 is 0 Å². The zero-order valence-corrected chi connectivity index (χ0v) is 17.4. The zero-order chi connectivity index (χ0) is 18.5. The number of piperidine rings is 1. The summed E-state index contributed by atoms with van der Waals surface area (Å²) in [5.41, 5.74) is 0.782. The second-order valence-electron chi connectivity index (χ2n) is 6.91. The molecule has 2 aromatic rings. The van der Waals surface area contributed by atoms with Crippen LogP contribution in [0.4, 0.5) is 11.5 Å². The average molecular weight is 435 g/mol.